The van der Waals surface area contributed by atoms with Crippen LogP contribution < -0.4 is 5.32 Å². The van der Waals surface area contributed by atoms with E-state index in [2.05, 4.69) is 41.1 Å². The molecule has 0 radical (unpaired) electrons. The van der Waals surface area contributed by atoms with Crippen LogP contribution in [-0.2, 0) is 4.79 Å². The number of hydrogen-bond donors (Lipinski definition) is 1. The molecular weight excluding hydrogens is 440 g/mol. The number of likely N-dealkylation sites (N-methyl/N-ethyl adjacent to an activating group) is 1. The third-order valence-corrected chi connectivity index (χ3v) is 8.48. The van der Waals surface area contributed by atoms with E-state index in [4.69, 9.17) is 0 Å². The lowest BCUT2D eigenvalue weighted by atomic mass is 9.97. The third kappa shape index (κ3) is 4.83. The van der Waals surface area contributed by atoms with Gasteiger partial charge in [0, 0.05) is 68.7 Å². The Balaban J connectivity index is 1.17. The van der Waals surface area contributed by atoms with Crippen LogP contribution >= 0.6 is 0 Å². The number of nitrogens with one attached hydrogen (secondary N) is 1. The average Bonchev–Trinajstić information content (AvgIpc) is 3.52. The average molecular weight is 481 g/mol. The zero-order valence-electron chi connectivity index (χ0n) is 21.6. The Bertz CT molecular complexity index is 1070. The predicted octanol–water partition coefficient (Wildman–Crippen LogP) is 2.90. The lowest BCUT2D eigenvalue weighted by Crippen LogP contribution is -2.52. The van der Waals surface area contributed by atoms with Gasteiger partial charge in [-0.25, -0.2) is 0 Å². The van der Waals surface area contributed by atoms with E-state index in [1.54, 1.807) is 6.92 Å². The maximum Gasteiger partial charge on any atom is 0.272 e. The number of rotatable bonds is 7. The first-order valence-corrected chi connectivity index (χ1v) is 13.3. The van der Waals surface area contributed by atoms with Gasteiger partial charge in [0.05, 0.1) is 5.52 Å². The molecule has 3 aliphatic heterocycles. The number of aromatic nitrogens is 2. The van der Waals surface area contributed by atoms with E-state index in [1.165, 1.54) is 12.8 Å². The fourth-order valence-corrected chi connectivity index (χ4v) is 6.50. The van der Waals surface area contributed by atoms with Crippen LogP contribution in [0.4, 0.5) is 0 Å². The van der Waals surface area contributed by atoms with Gasteiger partial charge >= 0.3 is 0 Å². The minimum atomic E-state index is -0.0468. The molecule has 1 aromatic heterocycles. The molecule has 3 fully saturated rings. The molecule has 3 saturated heterocycles. The minimum absolute atomic E-state index is 0.0468. The van der Waals surface area contributed by atoms with E-state index >= 15 is 0 Å². The van der Waals surface area contributed by atoms with E-state index in [0.29, 0.717) is 23.8 Å². The molecule has 4 heterocycles. The highest BCUT2D eigenvalue weighted by atomic mass is 16.2. The number of carbonyl (C=O) groups excluding carboxylic acids is 2. The Hall–Kier alpha value is -2.45. The standard InChI is InChI=1S/C27H40N6O2/c1-18(2)33-25-8-6-5-7-24(25)26(29-33)27(35)28-20-15-21-9-10-22(16-20)32(21)14-13-30(4)23-11-12-31(17-23)19(3)34/h5-8,18,20-23H,9-17H2,1-4H3,(H,28,35)/t20-,21-,22+,23-/m1/s1. The van der Waals surface area contributed by atoms with Crippen molar-refractivity contribution in [1.29, 1.82) is 0 Å². The second-order valence-electron chi connectivity index (χ2n) is 11.1. The van der Waals surface area contributed by atoms with E-state index in [-0.39, 0.29) is 23.9 Å². The van der Waals surface area contributed by atoms with E-state index in [1.807, 2.05) is 33.8 Å². The molecule has 1 N–H and O–H groups in total. The molecule has 4 atom stereocenters. The molecule has 0 saturated carbocycles. The van der Waals surface area contributed by atoms with E-state index in [0.717, 1.165) is 56.3 Å². The summed E-state index contributed by atoms with van der Waals surface area (Å²) < 4.78 is 1.95. The van der Waals surface area contributed by atoms with Gasteiger partial charge in [-0.05, 0) is 59.1 Å². The molecule has 0 aliphatic carbocycles. The van der Waals surface area contributed by atoms with Crippen molar-refractivity contribution in [1.82, 2.24) is 29.8 Å². The lowest BCUT2D eigenvalue weighted by Gasteiger charge is -2.40. The Morgan fingerprint density at radius 1 is 1.14 bits per heavy atom. The van der Waals surface area contributed by atoms with Gasteiger partial charge in [-0.2, -0.15) is 5.10 Å². The Kier molecular flexibility index (Phi) is 6.86. The Morgan fingerprint density at radius 3 is 2.51 bits per heavy atom. The maximum absolute atomic E-state index is 13.3. The SMILES string of the molecule is CC(=O)N1CC[C@@H](N(C)CCN2[C@@H]3CC[C@H]2C[C@H](NC(=O)c2nn(C(C)C)c4ccccc24)C3)C1. The predicted molar refractivity (Wildman–Crippen MR) is 137 cm³/mol. The molecular formula is C27H40N6O2. The van der Waals surface area contributed by atoms with E-state index in [9.17, 15) is 9.59 Å². The fraction of sp³-hybridized carbons (Fsp3) is 0.667. The quantitative estimate of drug-likeness (QED) is 0.660. The van der Waals surface area contributed by atoms with Gasteiger partial charge in [-0.3, -0.25) is 19.2 Å². The molecule has 190 valence electrons. The van der Waals surface area contributed by atoms with Crippen molar-refractivity contribution in [2.75, 3.05) is 33.2 Å². The van der Waals surface area contributed by atoms with Crippen molar-refractivity contribution in [3.05, 3.63) is 30.0 Å². The zero-order chi connectivity index (χ0) is 24.7. The topological polar surface area (TPSA) is 73.7 Å². The van der Waals surface area contributed by atoms with Crippen LogP contribution in [0.3, 0.4) is 0 Å². The number of para-hydroxylation sites is 1. The number of benzene rings is 1. The van der Waals surface area contributed by atoms with Gasteiger partial charge in [0.25, 0.3) is 5.91 Å². The number of carbonyl (C=O) groups is 2. The molecule has 3 aliphatic rings. The molecule has 8 heteroatoms. The summed E-state index contributed by atoms with van der Waals surface area (Å²) in [5, 5.41) is 8.95. The summed E-state index contributed by atoms with van der Waals surface area (Å²) in [5.74, 6) is 0.140. The second-order valence-corrected chi connectivity index (χ2v) is 11.1. The summed E-state index contributed by atoms with van der Waals surface area (Å²) in [5.41, 5.74) is 1.56. The number of hydrogen-bond acceptors (Lipinski definition) is 5. The van der Waals surface area contributed by atoms with Gasteiger partial charge in [-0.1, -0.05) is 18.2 Å². The molecule has 2 amide bonds. The van der Waals surface area contributed by atoms with Crippen molar-refractivity contribution < 1.29 is 9.59 Å². The third-order valence-electron chi connectivity index (χ3n) is 8.48. The number of amides is 2. The van der Waals surface area contributed by atoms with Crippen LogP contribution in [0.15, 0.2) is 24.3 Å². The normalized spacial score (nSPS) is 26.9. The Morgan fingerprint density at radius 2 is 1.86 bits per heavy atom. The van der Waals surface area contributed by atoms with Gasteiger partial charge in [0.15, 0.2) is 5.69 Å². The smallest absolute Gasteiger partial charge is 0.272 e. The van der Waals surface area contributed by atoms with Crippen molar-refractivity contribution in [2.45, 2.75) is 83.1 Å². The van der Waals surface area contributed by atoms with Crippen molar-refractivity contribution >= 4 is 22.7 Å². The molecule has 5 rings (SSSR count). The summed E-state index contributed by atoms with van der Waals surface area (Å²) in [6, 6.07) is 9.96. The van der Waals surface area contributed by atoms with Gasteiger partial charge in [-0.15, -0.1) is 0 Å². The highest BCUT2D eigenvalue weighted by molar-refractivity contribution is 6.05. The van der Waals surface area contributed by atoms with Gasteiger partial charge in [0.2, 0.25) is 5.91 Å². The Labute approximate surface area is 208 Å². The van der Waals surface area contributed by atoms with Crippen LogP contribution in [0.5, 0.6) is 0 Å². The van der Waals surface area contributed by atoms with E-state index < -0.39 is 0 Å². The number of piperidine rings is 1. The monoisotopic (exact) mass is 480 g/mol. The van der Waals surface area contributed by atoms with Gasteiger partial charge in [0.1, 0.15) is 0 Å². The van der Waals surface area contributed by atoms with Crippen LogP contribution in [0.25, 0.3) is 10.9 Å². The summed E-state index contributed by atoms with van der Waals surface area (Å²) in [6.45, 7) is 9.68. The largest absolute Gasteiger partial charge is 0.348 e. The van der Waals surface area contributed by atoms with Crippen LogP contribution in [-0.4, -0.2) is 93.7 Å². The number of fused-ring (bicyclic) bond motifs is 3. The highest BCUT2D eigenvalue weighted by Gasteiger charge is 2.41. The van der Waals surface area contributed by atoms with Crippen molar-refractivity contribution in [3.8, 4) is 0 Å². The van der Waals surface area contributed by atoms with Crippen molar-refractivity contribution in [2.24, 2.45) is 0 Å². The molecule has 1 aromatic carbocycles. The first-order valence-electron chi connectivity index (χ1n) is 13.3. The molecule has 0 spiro atoms. The van der Waals surface area contributed by atoms with Gasteiger partial charge < -0.3 is 15.1 Å². The summed E-state index contributed by atoms with van der Waals surface area (Å²) in [4.78, 5) is 32.0. The molecule has 35 heavy (non-hydrogen) atoms. The summed E-state index contributed by atoms with van der Waals surface area (Å²) in [7, 11) is 2.20. The van der Waals surface area contributed by atoms with Crippen LogP contribution in [0.1, 0.15) is 69.4 Å². The first-order chi connectivity index (χ1) is 16.8. The zero-order valence-corrected chi connectivity index (χ0v) is 21.6. The highest BCUT2D eigenvalue weighted by Crippen LogP contribution is 2.36. The lowest BCUT2D eigenvalue weighted by molar-refractivity contribution is -0.127. The molecule has 2 bridgehead atoms. The second kappa shape index (κ2) is 9.90. The number of nitrogens with zero attached hydrogens (tertiary/aromatic N) is 5. The molecule has 2 aromatic rings. The maximum atomic E-state index is 13.3. The summed E-state index contributed by atoms with van der Waals surface area (Å²) in [6.07, 6.45) is 5.52. The fourth-order valence-electron chi connectivity index (χ4n) is 6.50. The molecule has 0 unspecified atom stereocenters. The van der Waals surface area contributed by atoms with Crippen LogP contribution in [0.2, 0.25) is 0 Å². The van der Waals surface area contributed by atoms with Crippen molar-refractivity contribution in [3.63, 3.8) is 0 Å². The summed E-state index contributed by atoms with van der Waals surface area (Å²) >= 11 is 0. The van der Waals surface area contributed by atoms with Crippen LogP contribution in [0, 0.1) is 0 Å². The first kappa shape index (κ1) is 24.3. The minimum Gasteiger partial charge on any atom is -0.348 e. The molecule has 8 nitrogen and oxygen atoms in total. The number of likely N-dealkylation sites (tertiary alicyclic amines) is 1.